The van der Waals surface area contributed by atoms with Crippen LogP contribution in [0.3, 0.4) is 0 Å². The van der Waals surface area contributed by atoms with E-state index in [4.69, 9.17) is 4.74 Å². The Morgan fingerprint density at radius 2 is 1.63 bits per heavy atom. The first-order valence-electron chi connectivity index (χ1n) is 13.8. The second-order valence-electron chi connectivity index (χ2n) is 11.6. The number of carbonyl (C=O) groups excluding carboxylic acids is 2. The topological polar surface area (TPSA) is 58.6 Å². The highest BCUT2D eigenvalue weighted by atomic mass is 16.5. The molecule has 0 spiro atoms. The standard InChI is InChI=1S/C33H36N2O3/c1-21-30-19-26-10-11-27(18-29(26)33(21,2)16-17-35(30)20-22-4-5-22)31(36)34-28-14-12-24(13-15-28)23-6-8-25(9-7-23)32(37)38-3/h6-15,18,21-22,30H,4-5,16-17,19-20H2,1-3H3,(H,34,36). The molecule has 1 amide bonds. The summed E-state index contributed by atoms with van der Waals surface area (Å²) in [5.41, 5.74) is 6.90. The normalized spacial score (nSPS) is 24.4. The third kappa shape index (κ3) is 4.54. The van der Waals surface area contributed by atoms with Gasteiger partial charge in [-0.05, 0) is 108 Å². The summed E-state index contributed by atoms with van der Waals surface area (Å²) in [6, 6.07) is 22.1. The summed E-state index contributed by atoms with van der Waals surface area (Å²) in [6.45, 7) is 7.26. The minimum Gasteiger partial charge on any atom is -0.465 e. The Bertz CT molecular complexity index is 1360. The molecule has 0 aromatic heterocycles. The lowest BCUT2D eigenvalue weighted by atomic mass is 9.59. The number of fused-ring (bicyclic) bond motifs is 4. The molecule has 38 heavy (non-hydrogen) atoms. The molecule has 3 aliphatic rings. The first-order chi connectivity index (χ1) is 18.4. The van der Waals surface area contributed by atoms with Crippen LogP contribution in [0.25, 0.3) is 11.1 Å². The average Bonchev–Trinajstić information content (AvgIpc) is 3.76. The van der Waals surface area contributed by atoms with Crippen molar-refractivity contribution in [3.8, 4) is 11.1 Å². The Labute approximate surface area is 225 Å². The summed E-state index contributed by atoms with van der Waals surface area (Å²) in [7, 11) is 1.38. The van der Waals surface area contributed by atoms with Gasteiger partial charge >= 0.3 is 5.97 Å². The number of ether oxygens (including phenoxy) is 1. The fourth-order valence-electron chi connectivity index (χ4n) is 6.57. The van der Waals surface area contributed by atoms with E-state index in [0.717, 1.165) is 47.7 Å². The van der Waals surface area contributed by atoms with Crippen LogP contribution in [-0.4, -0.2) is 43.0 Å². The number of hydrogen-bond donors (Lipinski definition) is 1. The van der Waals surface area contributed by atoms with Gasteiger partial charge in [-0.15, -0.1) is 0 Å². The lowest BCUT2D eigenvalue weighted by Gasteiger charge is -2.55. The summed E-state index contributed by atoms with van der Waals surface area (Å²) in [4.78, 5) is 27.7. The SMILES string of the molecule is COC(=O)c1ccc(-c2ccc(NC(=O)c3ccc4c(c3)C3(C)CCN(CC5CC5)C(C4)C3C)cc2)cc1. The fourth-order valence-corrected chi connectivity index (χ4v) is 6.57. The van der Waals surface area contributed by atoms with Crippen LogP contribution in [-0.2, 0) is 16.6 Å². The van der Waals surface area contributed by atoms with Gasteiger partial charge in [0.2, 0.25) is 0 Å². The van der Waals surface area contributed by atoms with E-state index >= 15 is 0 Å². The number of piperidine rings is 1. The number of amides is 1. The second kappa shape index (κ2) is 9.70. The van der Waals surface area contributed by atoms with Crippen LogP contribution in [0.4, 0.5) is 5.69 Å². The summed E-state index contributed by atoms with van der Waals surface area (Å²) in [6.07, 6.45) is 5.04. The van der Waals surface area contributed by atoms with E-state index in [2.05, 4.69) is 36.2 Å². The predicted molar refractivity (Wildman–Crippen MR) is 151 cm³/mol. The zero-order valence-corrected chi connectivity index (χ0v) is 22.5. The Kier molecular flexibility index (Phi) is 6.35. The van der Waals surface area contributed by atoms with E-state index in [1.165, 1.54) is 37.6 Å². The number of anilines is 1. The van der Waals surface area contributed by atoms with E-state index < -0.39 is 0 Å². The molecule has 2 fully saturated rings. The molecular formula is C33H36N2O3. The number of carbonyl (C=O) groups is 2. The predicted octanol–water partition coefficient (Wildman–Crippen LogP) is 6.33. The van der Waals surface area contributed by atoms with Crippen molar-refractivity contribution in [2.75, 3.05) is 25.5 Å². The van der Waals surface area contributed by atoms with E-state index in [-0.39, 0.29) is 17.3 Å². The molecule has 1 N–H and O–H groups in total. The largest absolute Gasteiger partial charge is 0.465 e. The molecule has 1 saturated carbocycles. The molecule has 3 unspecified atom stereocenters. The number of nitrogens with zero attached hydrogens (tertiary/aromatic N) is 1. The number of nitrogens with one attached hydrogen (secondary N) is 1. The van der Waals surface area contributed by atoms with Gasteiger partial charge in [0.25, 0.3) is 5.91 Å². The van der Waals surface area contributed by atoms with Gasteiger partial charge in [0.15, 0.2) is 0 Å². The molecule has 6 rings (SSSR count). The van der Waals surface area contributed by atoms with Gasteiger partial charge in [-0.1, -0.05) is 44.2 Å². The van der Waals surface area contributed by atoms with Gasteiger partial charge in [0, 0.05) is 23.8 Å². The Hall–Kier alpha value is -3.44. The minimum atomic E-state index is -0.348. The van der Waals surface area contributed by atoms with Gasteiger partial charge in [0.05, 0.1) is 12.7 Å². The molecule has 1 saturated heterocycles. The van der Waals surface area contributed by atoms with Crippen LogP contribution in [0, 0.1) is 11.8 Å². The Balaban J connectivity index is 1.17. The van der Waals surface area contributed by atoms with E-state index in [1.807, 2.05) is 42.5 Å². The molecule has 196 valence electrons. The number of methoxy groups -OCH3 is 1. The highest BCUT2D eigenvalue weighted by Crippen LogP contribution is 2.49. The molecular weight excluding hydrogens is 472 g/mol. The van der Waals surface area contributed by atoms with Crippen molar-refractivity contribution in [1.29, 1.82) is 0 Å². The van der Waals surface area contributed by atoms with Gasteiger partial charge < -0.3 is 10.1 Å². The van der Waals surface area contributed by atoms with Crippen molar-refractivity contribution in [2.45, 2.75) is 51.0 Å². The summed E-state index contributed by atoms with van der Waals surface area (Å²) in [5, 5.41) is 3.08. The summed E-state index contributed by atoms with van der Waals surface area (Å²) in [5.74, 6) is 1.07. The van der Waals surface area contributed by atoms with Crippen molar-refractivity contribution in [2.24, 2.45) is 11.8 Å². The first kappa shape index (κ1) is 24.9. The molecule has 3 aromatic rings. The van der Waals surface area contributed by atoms with Crippen molar-refractivity contribution >= 4 is 17.6 Å². The Morgan fingerprint density at radius 1 is 0.974 bits per heavy atom. The minimum absolute atomic E-state index is 0.0764. The van der Waals surface area contributed by atoms with Crippen molar-refractivity contribution in [3.63, 3.8) is 0 Å². The number of esters is 1. The second-order valence-corrected chi connectivity index (χ2v) is 11.6. The molecule has 5 nitrogen and oxygen atoms in total. The zero-order valence-electron chi connectivity index (χ0n) is 22.5. The van der Waals surface area contributed by atoms with Gasteiger partial charge in [-0.3, -0.25) is 9.69 Å². The molecule has 3 atom stereocenters. The van der Waals surface area contributed by atoms with Gasteiger partial charge in [-0.25, -0.2) is 4.79 Å². The smallest absolute Gasteiger partial charge is 0.337 e. The van der Waals surface area contributed by atoms with Crippen LogP contribution in [0.2, 0.25) is 0 Å². The Morgan fingerprint density at radius 3 is 2.29 bits per heavy atom. The van der Waals surface area contributed by atoms with Crippen LogP contribution >= 0.6 is 0 Å². The molecule has 2 bridgehead atoms. The molecule has 3 aromatic carbocycles. The summed E-state index contributed by atoms with van der Waals surface area (Å²) < 4.78 is 4.77. The highest BCUT2D eigenvalue weighted by molar-refractivity contribution is 6.04. The van der Waals surface area contributed by atoms with Crippen LogP contribution < -0.4 is 5.32 Å². The lowest BCUT2D eigenvalue weighted by molar-refractivity contribution is 0.0284. The number of rotatable bonds is 6. The van der Waals surface area contributed by atoms with Crippen molar-refractivity contribution < 1.29 is 14.3 Å². The number of likely N-dealkylation sites (tertiary alicyclic amines) is 1. The first-order valence-corrected chi connectivity index (χ1v) is 13.8. The highest BCUT2D eigenvalue weighted by Gasteiger charge is 2.49. The van der Waals surface area contributed by atoms with Crippen LogP contribution in [0.1, 0.15) is 65.0 Å². The van der Waals surface area contributed by atoms with E-state index in [9.17, 15) is 9.59 Å². The number of benzene rings is 3. The van der Waals surface area contributed by atoms with E-state index in [1.54, 1.807) is 12.1 Å². The lowest BCUT2D eigenvalue weighted by Crippen LogP contribution is -2.58. The average molecular weight is 509 g/mol. The third-order valence-electron chi connectivity index (χ3n) is 9.36. The van der Waals surface area contributed by atoms with E-state index in [0.29, 0.717) is 17.5 Å². The molecule has 1 heterocycles. The van der Waals surface area contributed by atoms with Crippen molar-refractivity contribution in [3.05, 3.63) is 89.0 Å². The molecule has 1 aliphatic heterocycles. The van der Waals surface area contributed by atoms with Gasteiger partial charge in [0.1, 0.15) is 0 Å². The maximum absolute atomic E-state index is 13.3. The third-order valence-corrected chi connectivity index (χ3v) is 9.36. The quantitative estimate of drug-likeness (QED) is 0.396. The summed E-state index contributed by atoms with van der Waals surface area (Å²) >= 11 is 0. The zero-order chi connectivity index (χ0) is 26.4. The number of hydrogen-bond acceptors (Lipinski definition) is 4. The monoisotopic (exact) mass is 508 g/mol. The maximum atomic E-state index is 13.3. The van der Waals surface area contributed by atoms with Crippen molar-refractivity contribution in [1.82, 2.24) is 4.90 Å². The van der Waals surface area contributed by atoms with Crippen LogP contribution in [0.5, 0.6) is 0 Å². The molecule has 5 heteroatoms. The molecule has 2 aliphatic carbocycles. The molecule has 0 radical (unpaired) electrons. The van der Waals surface area contributed by atoms with Gasteiger partial charge in [-0.2, -0.15) is 0 Å². The van der Waals surface area contributed by atoms with Crippen LogP contribution in [0.15, 0.2) is 66.7 Å². The maximum Gasteiger partial charge on any atom is 0.337 e. The fraction of sp³-hybridized carbons (Fsp3) is 0.394.